The molecule has 1 N–H and O–H groups in total. The summed E-state index contributed by atoms with van der Waals surface area (Å²) in [5, 5.41) is 8.88. The zero-order valence-electron chi connectivity index (χ0n) is 12.9. The molecule has 0 heterocycles. The topological polar surface area (TPSA) is 57.6 Å². The molecule has 1 aliphatic rings. The van der Waals surface area contributed by atoms with Gasteiger partial charge >= 0.3 is 5.97 Å². The van der Waals surface area contributed by atoms with Crippen LogP contribution in [0.25, 0.3) is 0 Å². The summed E-state index contributed by atoms with van der Waals surface area (Å²) in [7, 11) is 0. The molecule has 4 heteroatoms. The summed E-state index contributed by atoms with van der Waals surface area (Å²) in [5.74, 6) is 0.161. The third kappa shape index (κ3) is 6.92. The molecule has 1 fully saturated rings. The van der Waals surface area contributed by atoms with E-state index in [9.17, 15) is 9.59 Å². The smallest absolute Gasteiger partial charge is 0.323 e. The first-order valence-corrected chi connectivity index (χ1v) is 7.98. The first-order valence-electron chi connectivity index (χ1n) is 7.98. The lowest BCUT2D eigenvalue weighted by Gasteiger charge is -2.24. The fraction of sp³-hybridized carbons (Fsp3) is 0.875. The van der Waals surface area contributed by atoms with E-state index in [2.05, 4.69) is 0 Å². The number of hydrogen-bond acceptors (Lipinski definition) is 2. The van der Waals surface area contributed by atoms with Crippen LogP contribution in [0.3, 0.4) is 0 Å². The number of nitrogens with zero attached hydrogens (tertiary/aromatic N) is 1. The quantitative estimate of drug-likeness (QED) is 0.743. The summed E-state index contributed by atoms with van der Waals surface area (Å²) in [4.78, 5) is 24.4. The Morgan fingerprint density at radius 3 is 2.40 bits per heavy atom. The van der Waals surface area contributed by atoms with Crippen LogP contribution >= 0.6 is 0 Å². The van der Waals surface area contributed by atoms with Gasteiger partial charge in [-0.25, -0.2) is 0 Å². The molecular weight excluding hydrogens is 254 g/mol. The molecule has 0 aromatic carbocycles. The third-order valence-electron chi connectivity index (χ3n) is 3.99. The molecule has 0 saturated heterocycles. The summed E-state index contributed by atoms with van der Waals surface area (Å²) in [6.45, 7) is 4.38. The van der Waals surface area contributed by atoms with E-state index in [0.29, 0.717) is 18.9 Å². The number of carboxylic acids is 1. The zero-order valence-corrected chi connectivity index (χ0v) is 12.9. The van der Waals surface area contributed by atoms with Crippen molar-refractivity contribution in [2.75, 3.05) is 13.1 Å². The highest BCUT2D eigenvalue weighted by molar-refractivity contribution is 5.81. The van der Waals surface area contributed by atoms with Gasteiger partial charge < -0.3 is 10.0 Å². The van der Waals surface area contributed by atoms with Crippen molar-refractivity contribution in [1.29, 1.82) is 0 Å². The van der Waals surface area contributed by atoms with Gasteiger partial charge in [0.1, 0.15) is 6.54 Å². The molecule has 1 aliphatic carbocycles. The fourth-order valence-electron chi connectivity index (χ4n) is 3.03. The molecule has 1 rings (SSSR count). The normalized spacial score (nSPS) is 16.4. The molecule has 0 aromatic rings. The van der Waals surface area contributed by atoms with E-state index in [-0.39, 0.29) is 12.5 Å². The van der Waals surface area contributed by atoms with Gasteiger partial charge in [0.05, 0.1) is 0 Å². The Morgan fingerprint density at radius 1 is 1.20 bits per heavy atom. The molecule has 4 nitrogen and oxygen atoms in total. The van der Waals surface area contributed by atoms with Crippen molar-refractivity contribution < 1.29 is 14.7 Å². The number of carbonyl (C=O) groups is 2. The Kier molecular flexibility index (Phi) is 7.63. The molecule has 20 heavy (non-hydrogen) atoms. The number of carbonyl (C=O) groups excluding carboxylic acids is 1. The average Bonchev–Trinajstić information content (AvgIpc) is 2.38. The van der Waals surface area contributed by atoms with E-state index in [0.717, 1.165) is 18.8 Å². The highest BCUT2D eigenvalue weighted by atomic mass is 16.4. The maximum atomic E-state index is 12.1. The highest BCUT2D eigenvalue weighted by Gasteiger charge is 2.19. The van der Waals surface area contributed by atoms with E-state index in [4.69, 9.17) is 5.11 Å². The van der Waals surface area contributed by atoms with Crippen LogP contribution in [0.5, 0.6) is 0 Å². The molecule has 0 unspecified atom stereocenters. The Morgan fingerprint density at radius 2 is 1.85 bits per heavy atom. The lowest BCUT2D eigenvalue weighted by atomic mass is 9.86. The molecule has 0 aromatic heterocycles. The largest absolute Gasteiger partial charge is 0.480 e. The second-order valence-electron chi connectivity index (χ2n) is 6.46. The molecule has 0 aliphatic heterocycles. The van der Waals surface area contributed by atoms with Gasteiger partial charge in [-0.3, -0.25) is 9.59 Å². The fourth-order valence-corrected chi connectivity index (χ4v) is 3.03. The number of hydrogen-bond donors (Lipinski definition) is 1. The van der Waals surface area contributed by atoms with Gasteiger partial charge in [-0.15, -0.1) is 0 Å². The van der Waals surface area contributed by atoms with Crippen LogP contribution in [0.1, 0.15) is 65.2 Å². The lowest BCUT2D eigenvalue weighted by Crippen LogP contribution is -2.38. The monoisotopic (exact) mass is 283 g/mol. The van der Waals surface area contributed by atoms with Gasteiger partial charge in [0.2, 0.25) is 5.91 Å². The summed E-state index contributed by atoms with van der Waals surface area (Å²) in [6.07, 6.45) is 9.14. The van der Waals surface area contributed by atoms with Crippen LogP contribution in [-0.4, -0.2) is 35.0 Å². The van der Waals surface area contributed by atoms with Crippen molar-refractivity contribution in [3.63, 3.8) is 0 Å². The Hall–Kier alpha value is -1.06. The minimum absolute atomic E-state index is 0.00286. The standard InChI is InChI=1S/C16H29NO3/c1-13(2)11-17(12-16(19)20)15(18)10-6-9-14-7-4-3-5-8-14/h13-14H,3-12H2,1-2H3,(H,19,20). The third-order valence-corrected chi connectivity index (χ3v) is 3.99. The van der Waals surface area contributed by atoms with Gasteiger partial charge in [0, 0.05) is 13.0 Å². The minimum atomic E-state index is -0.925. The van der Waals surface area contributed by atoms with Crippen LogP contribution < -0.4 is 0 Å². The number of aliphatic carboxylic acids is 1. The summed E-state index contributed by atoms with van der Waals surface area (Å²) < 4.78 is 0. The Balaban J connectivity index is 2.30. The maximum absolute atomic E-state index is 12.1. The molecule has 116 valence electrons. The van der Waals surface area contributed by atoms with Crippen molar-refractivity contribution in [3.8, 4) is 0 Å². The van der Waals surface area contributed by atoms with Gasteiger partial charge in [-0.1, -0.05) is 46.0 Å². The van der Waals surface area contributed by atoms with Crippen molar-refractivity contribution in [2.45, 2.75) is 65.2 Å². The number of carboxylic acid groups (broad SMARTS) is 1. The first kappa shape index (κ1) is 17.0. The van der Waals surface area contributed by atoms with Crippen LogP contribution in [-0.2, 0) is 9.59 Å². The van der Waals surface area contributed by atoms with Gasteiger partial charge in [-0.05, 0) is 24.7 Å². The molecule has 1 amide bonds. The Bertz CT molecular complexity index is 309. The predicted octanol–water partition coefficient (Wildman–Crippen LogP) is 3.31. The summed E-state index contributed by atoms with van der Waals surface area (Å²) >= 11 is 0. The predicted molar refractivity (Wildman–Crippen MR) is 79.5 cm³/mol. The molecule has 0 atom stereocenters. The van der Waals surface area contributed by atoms with Crippen molar-refractivity contribution in [2.24, 2.45) is 11.8 Å². The summed E-state index contributed by atoms with van der Waals surface area (Å²) in [5.41, 5.74) is 0. The average molecular weight is 283 g/mol. The molecule has 0 spiro atoms. The van der Waals surface area contributed by atoms with Crippen molar-refractivity contribution in [3.05, 3.63) is 0 Å². The van der Waals surface area contributed by atoms with Gasteiger partial charge in [0.25, 0.3) is 0 Å². The Labute approximate surface area is 122 Å². The van der Waals surface area contributed by atoms with E-state index in [1.54, 1.807) is 0 Å². The van der Waals surface area contributed by atoms with Crippen LogP contribution in [0.15, 0.2) is 0 Å². The van der Waals surface area contributed by atoms with Crippen LogP contribution in [0, 0.1) is 11.8 Å². The molecule has 0 radical (unpaired) electrons. The summed E-state index contributed by atoms with van der Waals surface area (Å²) in [6, 6.07) is 0. The minimum Gasteiger partial charge on any atom is -0.480 e. The maximum Gasteiger partial charge on any atom is 0.323 e. The first-order chi connectivity index (χ1) is 9.49. The van der Waals surface area contributed by atoms with Gasteiger partial charge in [0.15, 0.2) is 0 Å². The molecule has 0 bridgehead atoms. The van der Waals surface area contributed by atoms with Crippen LogP contribution in [0.4, 0.5) is 0 Å². The molecule has 1 saturated carbocycles. The lowest BCUT2D eigenvalue weighted by molar-refractivity contribution is -0.144. The van der Waals surface area contributed by atoms with Gasteiger partial charge in [-0.2, -0.15) is 0 Å². The van der Waals surface area contributed by atoms with E-state index >= 15 is 0 Å². The second kappa shape index (κ2) is 8.98. The SMILES string of the molecule is CC(C)CN(CC(=O)O)C(=O)CCCC1CCCCC1. The number of rotatable bonds is 8. The molecular formula is C16H29NO3. The second-order valence-corrected chi connectivity index (χ2v) is 6.46. The van der Waals surface area contributed by atoms with E-state index in [1.807, 2.05) is 13.8 Å². The van der Waals surface area contributed by atoms with Crippen LogP contribution in [0.2, 0.25) is 0 Å². The highest BCUT2D eigenvalue weighted by Crippen LogP contribution is 2.27. The van der Waals surface area contributed by atoms with Crippen molar-refractivity contribution in [1.82, 2.24) is 4.90 Å². The van der Waals surface area contributed by atoms with E-state index < -0.39 is 5.97 Å². The zero-order chi connectivity index (χ0) is 15.0. The van der Waals surface area contributed by atoms with E-state index in [1.165, 1.54) is 37.0 Å². The number of amides is 1. The van der Waals surface area contributed by atoms with Crippen molar-refractivity contribution >= 4 is 11.9 Å².